The Kier molecular flexibility index (Phi) is 3.12. The largest absolute Gasteiger partial charge is 0.428 e. The van der Waals surface area contributed by atoms with Crippen molar-refractivity contribution in [2.24, 2.45) is 5.92 Å². The molecular formula is C15H16O4. The number of carbonyl (C=O) groups is 1. The van der Waals surface area contributed by atoms with Crippen molar-refractivity contribution < 1.29 is 19.4 Å². The van der Waals surface area contributed by atoms with Crippen molar-refractivity contribution >= 4 is 5.97 Å². The van der Waals surface area contributed by atoms with E-state index in [9.17, 15) is 9.90 Å². The summed E-state index contributed by atoms with van der Waals surface area (Å²) >= 11 is 0. The van der Waals surface area contributed by atoms with Gasteiger partial charge in [-0.3, -0.25) is 4.79 Å². The van der Waals surface area contributed by atoms with Gasteiger partial charge >= 0.3 is 5.97 Å². The third kappa shape index (κ3) is 2.29. The topological polar surface area (TPSA) is 55.8 Å². The summed E-state index contributed by atoms with van der Waals surface area (Å²) in [5.41, 5.74) is -0.0805. The number of esters is 1. The highest BCUT2D eigenvalue weighted by Gasteiger charge is 2.50. The van der Waals surface area contributed by atoms with E-state index in [1.165, 1.54) is 0 Å². The molecule has 0 unspecified atom stereocenters. The van der Waals surface area contributed by atoms with Gasteiger partial charge in [0.05, 0.1) is 19.6 Å². The van der Waals surface area contributed by atoms with Gasteiger partial charge in [-0.2, -0.15) is 0 Å². The minimum absolute atomic E-state index is 0.112. The second kappa shape index (κ2) is 4.79. The maximum atomic E-state index is 11.3. The predicted molar refractivity (Wildman–Crippen MR) is 67.9 cm³/mol. The molecule has 2 bridgehead atoms. The molecule has 100 valence electrons. The normalized spacial score (nSPS) is 29.0. The number of benzene rings is 1. The molecule has 1 aromatic carbocycles. The molecule has 1 N–H and O–H groups in total. The molecule has 0 amide bonds. The zero-order chi connectivity index (χ0) is 13.3. The molecule has 1 aromatic rings. The number of hydrogen-bond acceptors (Lipinski definition) is 4. The Morgan fingerprint density at radius 3 is 2.89 bits per heavy atom. The van der Waals surface area contributed by atoms with E-state index >= 15 is 0 Å². The van der Waals surface area contributed by atoms with Crippen molar-refractivity contribution in [2.75, 3.05) is 6.61 Å². The monoisotopic (exact) mass is 260 g/mol. The summed E-state index contributed by atoms with van der Waals surface area (Å²) in [7, 11) is 0. The Labute approximate surface area is 111 Å². The number of hydrogen-bond donors (Lipinski definition) is 1. The zero-order valence-electron chi connectivity index (χ0n) is 10.5. The molecule has 2 aliphatic rings. The van der Waals surface area contributed by atoms with Crippen LogP contribution >= 0.6 is 0 Å². The number of fused-ring (bicyclic) bond motifs is 2. The second-order valence-corrected chi connectivity index (χ2v) is 5.08. The van der Waals surface area contributed by atoms with Crippen LogP contribution in [0.25, 0.3) is 0 Å². The third-order valence-electron chi connectivity index (χ3n) is 3.76. The van der Waals surface area contributed by atoms with Gasteiger partial charge in [-0.15, -0.1) is 0 Å². The molecular weight excluding hydrogens is 244 g/mol. The van der Waals surface area contributed by atoms with Crippen LogP contribution in [0.4, 0.5) is 0 Å². The Bertz CT molecular complexity index is 508. The van der Waals surface area contributed by atoms with Gasteiger partial charge in [0.25, 0.3) is 0 Å². The van der Waals surface area contributed by atoms with E-state index in [-0.39, 0.29) is 24.9 Å². The van der Waals surface area contributed by atoms with E-state index in [0.717, 1.165) is 5.56 Å². The average Bonchev–Trinajstić information content (AvgIpc) is 2.60. The van der Waals surface area contributed by atoms with Crippen molar-refractivity contribution in [1.29, 1.82) is 0 Å². The van der Waals surface area contributed by atoms with Gasteiger partial charge in [-0.1, -0.05) is 30.3 Å². The van der Waals surface area contributed by atoms with E-state index < -0.39 is 5.60 Å². The summed E-state index contributed by atoms with van der Waals surface area (Å²) in [6, 6.07) is 9.78. The van der Waals surface area contributed by atoms with Gasteiger partial charge in [0, 0.05) is 5.92 Å². The molecule has 0 radical (unpaired) electrons. The van der Waals surface area contributed by atoms with Crippen LogP contribution in [-0.4, -0.2) is 23.3 Å². The highest BCUT2D eigenvalue weighted by molar-refractivity contribution is 5.73. The minimum Gasteiger partial charge on any atom is -0.428 e. The lowest BCUT2D eigenvalue weighted by Gasteiger charge is -2.35. The number of aliphatic hydroxyl groups is 1. The van der Waals surface area contributed by atoms with Crippen LogP contribution in [-0.2, 0) is 20.9 Å². The third-order valence-corrected chi connectivity index (χ3v) is 3.76. The van der Waals surface area contributed by atoms with E-state index in [4.69, 9.17) is 9.47 Å². The van der Waals surface area contributed by atoms with Crippen LogP contribution in [0.2, 0.25) is 0 Å². The van der Waals surface area contributed by atoms with E-state index in [1.807, 2.05) is 30.3 Å². The Morgan fingerprint density at radius 2 is 2.16 bits per heavy atom. The van der Waals surface area contributed by atoms with Gasteiger partial charge in [-0.05, 0) is 18.1 Å². The molecule has 4 heteroatoms. The van der Waals surface area contributed by atoms with Crippen molar-refractivity contribution in [2.45, 2.75) is 25.0 Å². The predicted octanol–water partition coefficient (Wildman–Crippen LogP) is 1.78. The fraction of sp³-hybridized carbons (Fsp3) is 0.400. The standard InChI is InChI=1S/C15H16O4/c16-14-8-12-6-7-13(19-14)15(12,17)10-18-9-11-4-2-1-3-5-11/h1-5,7,12,17H,6,8-10H2/t12-,15-/m0/s1. The first-order valence-corrected chi connectivity index (χ1v) is 6.44. The van der Waals surface area contributed by atoms with Crippen molar-refractivity contribution in [1.82, 2.24) is 0 Å². The molecule has 1 aliphatic heterocycles. The van der Waals surface area contributed by atoms with Crippen molar-refractivity contribution in [3.8, 4) is 0 Å². The average molecular weight is 260 g/mol. The van der Waals surface area contributed by atoms with Crippen LogP contribution < -0.4 is 0 Å². The van der Waals surface area contributed by atoms with Gasteiger partial charge in [0.1, 0.15) is 11.4 Å². The molecule has 0 spiro atoms. The Balaban J connectivity index is 1.61. The molecule has 0 saturated carbocycles. The van der Waals surface area contributed by atoms with Crippen LogP contribution in [0.5, 0.6) is 0 Å². The highest BCUT2D eigenvalue weighted by Crippen LogP contribution is 2.43. The molecule has 1 heterocycles. The summed E-state index contributed by atoms with van der Waals surface area (Å²) in [6.45, 7) is 0.600. The number of ether oxygens (including phenoxy) is 2. The fourth-order valence-corrected chi connectivity index (χ4v) is 2.66. The van der Waals surface area contributed by atoms with Crippen LogP contribution in [0, 0.1) is 5.92 Å². The number of allylic oxidation sites excluding steroid dienone is 1. The van der Waals surface area contributed by atoms with E-state index in [2.05, 4.69) is 0 Å². The van der Waals surface area contributed by atoms with E-state index in [0.29, 0.717) is 18.8 Å². The van der Waals surface area contributed by atoms with Gasteiger partial charge < -0.3 is 14.6 Å². The first-order valence-electron chi connectivity index (χ1n) is 6.44. The summed E-state index contributed by atoms with van der Waals surface area (Å²) in [6.07, 6.45) is 2.72. The van der Waals surface area contributed by atoms with Crippen molar-refractivity contribution in [3.05, 3.63) is 47.7 Å². The highest BCUT2D eigenvalue weighted by atomic mass is 16.6. The van der Waals surface area contributed by atoms with Gasteiger partial charge in [-0.25, -0.2) is 0 Å². The molecule has 4 nitrogen and oxygen atoms in total. The zero-order valence-corrected chi connectivity index (χ0v) is 10.5. The number of rotatable bonds is 4. The summed E-state index contributed by atoms with van der Waals surface area (Å²) in [4.78, 5) is 11.3. The Hall–Kier alpha value is -1.65. The summed E-state index contributed by atoms with van der Waals surface area (Å²) in [5.74, 6) is -0.0113. The SMILES string of the molecule is O=C1C[C@@H]2CC=C(O1)[C@]2(O)COCc1ccccc1. The van der Waals surface area contributed by atoms with Crippen LogP contribution in [0.15, 0.2) is 42.2 Å². The lowest BCUT2D eigenvalue weighted by molar-refractivity contribution is -0.161. The van der Waals surface area contributed by atoms with Crippen molar-refractivity contribution in [3.63, 3.8) is 0 Å². The molecule has 2 atom stereocenters. The Morgan fingerprint density at radius 1 is 1.37 bits per heavy atom. The summed E-state index contributed by atoms with van der Waals surface area (Å²) in [5, 5.41) is 10.6. The lowest BCUT2D eigenvalue weighted by Crippen LogP contribution is -2.46. The first-order chi connectivity index (χ1) is 9.18. The quantitative estimate of drug-likeness (QED) is 0.838. The van der Waals surface area contributed by atoms with Crippen LogP contribution in [0.1, 0.15) is 18.4 Å². The van der Waals surface area contributed by atoms with Gasteiger partial charge in [0.2, 0.25) is 0 Å². The van der Waals surface area contributed by atoms with E-state index in [1.54, 1.807) is 6.08 Å². The maximum absolute atomic E-state index is 11.3. The molecule has 1 saturated heterocycles. The summed E-state index contributed by atoms with van der Waals surface area (Å²) < 4.78 is 10.7. The molecule has 19 heavy (non-hydrogen) atoms. The first kappa shape index (κ1) is 12.4. The molecule has 3 rings (SSSR count). The molecule has 1 fully saturated rings. The molecule has 0 aromatic heterocycles. The minimum atomic E-state index is -1.14. The number of carbonyl (C=O) groups excluding carboxylic acids is 1. The smallest absolute Gasteiger partial charge is 0.311 e. The molecule has 1 aliphatic carbocycles. The fourth-order valence-electron chi connectivity index (χ4n) is 2.66. The van der Waals surface area contributed by atoms with Gasteiger partial charge in [0.15, 0.2) is 0 Å². The van der Waals surface area contributed by atoms with Crippen LogP contribution in [0.3, 0.4) is 0 Å². The maximum Gasteiger partial charge on any atom is 0.311 e. The lowest BCUT2D eigenvalue weighted by atomic mass is 9.86. The second-order valence-electron chi connectivity index (χ2n) is 5.08.